The molecule has 0 aliphatic carbocycles. The molecule has 2 aromatic heterocycles. The molecule has 7 heteroatoms. The Labute approximate surface area is 189 Å². The highest BCUT2D eigenvalue weighted by molar-refractivity contribution is 6.01. The Morgan fingerprint density at radius 2 is 2.03 bits per heavy atom. The normalized spacial score (nSPS) is 15.1. The van der Waals surface area contributed by atoms with E-state index in [0.29, 0.717) is 19.6 Å². The van der Waals surface area contributed by atoms with Crippen molar-refractivity contribution >= 4 is 29.0 Å². The molecule has 7 nitrogen and oxygen atoms in total. The van der Waals surface area contributed by atoms with E-state index in [1.165, 1.54) is 0 Å². The monoisotopic (exact) mass is 430 g/mol. The zero-order chi connectivity index (χ0) is 22.7. The molecular formula is C25H30N6O. The van der Waals surface area contributed by atoms with Gasteiger partial charge in [-0.1, -0.05) is 19.1 Å². The zero-order valence-corrected chi connectivity index (χ0v) is 19.1. The zero-order valence-electron chi connectivity index (χ0n) is 19.1. The van der Waals surface area contributed by atoms with E-state index in [9.17, 15) is 10.1 Å². The summed E-state index contributed by atoms with van der Waals surface area (Å²) >= 11 is 0. The fourth-order valence-corrected chi connectivity index (χ4v) is 4.43. The summed E-state index contributed by atoms with van der Waals surface area (Å²) in [5, 5.41) is 9.74. The van der Waals surface area contributed by atoms with E-state index < -0.39 is 0 Å². The highest BCUT2D eigenvalue weighted by Crippen LogP contribution is 2.21. The molecule has 1 saturated heterocycles. The molecule has 32 heavy (non-hydrogen) atoms. The van der Waals surface area contributed by atoms with Crippen LogP contribution in [0.5, 0.6) is 0 Å². The van der Waals surface area contributed by atoms with Crippen LogP contribution in [0, 0.1) is 25.2 Å². The lowest BCUT2D eigenvalue weighted by molar-refractivity contribution is -0.126. The third-order valence-electron chi connectivity index (χ3n) is 6.17. The Morgan fingerprint density at radius 1 is 1.22 bits per heavy atom. The van der Waals surface area contributed by atoms with Gasteiger partial charge in [0.05, 0.1) is 11.0 Å². The lowest BCUT2D eigenvalue weighted by Gasteiger charge is -2.21. The molecule has 1 fully saturated rings. The molecule has 1 aliphatic heterocycles. The number of rotatable bonds is 5. The number of H-pyrrole nitrogens is 1. The first kappa shape index (κ1) is 21.7. The topological polar surface area (TPSA) is 80.9 Å². The van der Waals surface area contributed by atoms with Gasteiger partial charge >= 0.3 is 0 Å². The van der Waals surface area contributed by atoms with E-state index in [1.807, 2.05) is 31.2 Å². The van der Waals surface area contributed by atoms with Crippen molar-refractivity contribution in [1.82, 2.24) is 19.4 Å². The van der Waals surface area contributed by atoms with Crippen molar-refractivity contribution in [3.63, 3.8) is 0 Å². The number of benzene rings is 1. The minimum absolute atomic E-state index is 0.193. The molecule has 3 heterocycles. The molecule has 0 atom stereocenters. The third kappa shape index (κ3) is 4.26. The predicted octanol–water partition coefficient (Wildman–Crippen LogP) is 4.04. The lowest BCUT2D eigenvalue weighted by Crippen LogP contribution is -2.36. The number of nitrogens with one attached hydrogen (secondary N) is 1. The molecule has 166 valence electrons. The molecule has 0 bridgehead atoms. The second kappa shape index (κ2) is 9.31. The largest absolute Gasteiger partial charge is 0.349 e. The van der Waals surface area contributed by atoms with Crippen LogP contribution >= 0.6 is 0 Å². The molecule has 1 N–H and O–H groups in total. The predicted molar refractivity (Wildman–Crippen MR) is 127 cm³/mol. The first-order valence-corrected chi connectivity index (χ1v) is 11.3. The number of fused-ring (bicyclic) bond motifs is 1. The van der Waals surface area contributed by atoms with E-state index in [0.717, 1.165) is 59.9 Å². The highest BCUT2D eigenvalue weighted by Gasteiger charge is 2.24. The first-order valence-electron chi connectivity index (χ1n) is 11.3. The van der Waals surface area contributed by atoms with Crippen LogP contribution < -0.4 is 4.90 Å². The summed E-state index contributed by atoms with van der Waals surface area (Å²) in [6.45, 7) is 9.87. The minimum Gasteiger partial charge on any atom is -0.349 e. The minimum atomic E-state index is -0.195. The van der Waals surface area contributed by atoms with Gasteiger partial charge < -0.3 is 19.4 Å². The number of amides is 1. The van der Waals surface area contributed by atoms with E-state index in [-0.39, 0.29) is 11.5 Å². The molecule has 0 saturated carbocycles. The number of anilines is 1. The van der Waals surface area contributed by atoms with Crippen LogP contribution in [-0.2, 0) is 11.3 Å². The number of para-hydroxylation sites is 2. The summed E-state index contributed by atoms with van der Waals surface area (Å²) in [4.78, 5) is 25.2. The van der Waals surface area contributed by atoms with Crippen molar-refractivity contribution in [1.29, 1.82) is 5.26 Å². The Bertz CT molecular complexity index is 1160. The fraction of sp³-hybridized carbons (Fsp3) is 0.400. The van der Waals surface area contributed by atoms with Crippen molar-refractivity contribution in [2.75, 3.05) is 31.1 Å². The summed E-state index contributed by atoms with van der Waals surface area (Å²) in [5.41, 5.74) is 5.33. The Morgan fingerprint density at radius 3 is 2.78 bits per heavy atom. The molecule has 0 unspecified atom stereocenters. The van der Waals surface area contributed by atoms with E-state index in [1.54, 1.807) is 11.0 Å². The van der Waals surface area contributed by atoms with Gasteiger partial charge in [-0.3, -0.25) is 4.79 Å². The number of aryl methyl sites for hydroxylation is 1. The summed E-state index contributed by atoms with van der Waals surface area (Å²) in [7, 11) is 0. The number of carbonyl (C=O) groups excluding carboxylic acids is 1. The van der Waals surface area contributed by atoms with Gasteiger partial charge in [-0.2, -0.15) is 5.26 Å². The van der Waals surface area contributed by atoms with Gasteiger partial charge in [0, 0.05) is 44.1 Å². The number of hydrogen-bond acceptors (Lipinski definition) is 4. The molecule has 0 spiro atoms. The standard InChI is InChI=1S/C25H30N6O/c1-4-10-31-18(2)15-20(19(31)3)16-21(17-26)24(32)29-11-7-12-30(14-13-29)25-27-22-8-5-6-9-23(22)28-25/h5-6,8-9,15-16H,4,7,10-14H2,1-3H3,(H,27,28)/b21-16-. The fourth-order valence-electron chi connectivity index (χ4n) is 4.43. The number of imidazole rings is 1. The van der Waals surface area contributed by atoms with Gasteiger partial charge in [0.2, 0.25) is 5.95 Å². The molecule has 1 aromatic carbocycles. The van der Waals surface area contributed by atoms with Crippen molar-refractivity contribution < 1.29 is 4.79 Å². The Hall–Kier alpha value is -3.53. The number of aromatic amines is 1. The van der Waals surface area contributed by atoms with Crippen molar-refractivity contribution in [2.45, 2.75) is 40.2 Å². The van der Waals surface area contributed by atoms with Gasteiger partial charge in [0.25, 0.3) is 5.91 Å². The van der Waals surface area contributed by atoms with Gasteiger partial charge in [0.15, 0.2) is 0 Å². The average Bonchev–Trinajstić information content (AvgIpc) is 3.22. The maximum absolute atomic E-state index is 13.2. The maximum atomic E-state index is 13.2. The van der Waals surface area contributed by atoms with E-state index >= 15 is 0 Å². The second-order valence-electron chi connectivity index (χ2n) is 8.36. The molecule has 0 radical (unpaired) electrons. The molecular weight excluding hydrogens is 400 g/mol. The van der Waals surface area contributed by atoms with Crippen molar-refractivity contribution in [3.8, 4) is 6.07 Å². The number of hydrogen-bond donors (Lipinski definition) is 1. The summed E-state index contributed by atoms with van der Waals surface area (Å²) in [6.07, 6.45) is 3.62. The number of nitriles is 1. The van der Waals surface area contributed by atoms with Crippen LogP contribution in [-0.4, -0.2) is 51.5 Å². The van der Waals surface area contributed by atoms with Crippen LogP contribution in [0.15, 0.2) is 35.9 Å². The smallest absolute Gasteiger partial charge is 0.264 e. The molecule has 1 amide bonds. The van der Waals surface area contributed by atoms with Gasteiger partial charge in [-0.05, 0) is 56.5 Å². The van der Waals surface area contributed by atoms with E-state index in [2.05, 4.69) is 40.4 Å². The third-order valence-corrected chi connectivity index (χ3v) is 6.17. The van der Waals surface area contributed by atoms with E-state index in [4.69, 9.17) is 4.98 Å². The summed E-state index contributed by atoms with van der Waals surface area (Å²) in [5.74, 6) is 0.638. The Balaban J connectivity index is 1.49. The van der Waals surface area contributed by atoms with Crippen molar-refractivity contribution in [3.05, 3.63) is 52.9 Å². The number of carbonyl (C=O) groups is 1. The SMILES string of the molecule is CCCn1c(C)cc(/C=C(/C#N)C(=O)N2CCCN(c3nc4ccccc4[nH]3)CC2)c1C. The van der Waals surface area contributed by atoms with Gasteiger partial charge in [-0.25, -0.2) is 4.98 Å². The molecule has 3 aromatic rings. The summed E-state index contributed by atoms with van der Waals surface area (Å²) < 4.78 is 2.24. The quantitative estimate of drug-likeness (QED) is 0.489. The number of aromatic nitrogens is 3. The summed E-state index contributed by atoms with van der Waals surface area (Å²) in [6, 6.07) is 12.2. The first-order chi connectivity index (χ1) is 15.5. The second-order valence-corrected chi connectivity index (χ2v) is 8.36. The Kier molecular flexibility index (Phi) is 6.31. The molecule has 1 aliphatic rings. The van der Waals surface area contributed by atoms with Crippen molar-refractivity contribution in [2.24, 2.45) is 0 Å². The average molecular weight is 431 g/mol. The van der Waals surface area contributed by atoms with Crippen LogP contribution in [0.2, 0.25) is 0 Å². The lowest BCUT2D eigenvalue weighted by atomic mass is 10.1. The van der Waals surface area contributed by atoms with Gasteiger partial charge in [0.1, 0.15) is 11.6 Å². The molecule has 4 rings (SSSR count). The van der Waals surface area contributed by atoms with Crippen LogP contribution in [0.1, 0.15) is 36.7 Å². The number of nitrogens with zero attached hydrogens (tertiary/aromatic N) is 5. The van der Waals surface area contributed by atoms with Gasteiger partial charge in [-0.15, -0.1) is 0 Å². The maximum Gasteiger partial charge on any atom is 0.264 e. The highest BCUT2D eigenvalue weighted by atomic mass is 16.2. The van der Waals surface area contributed by atoms with Crippen LogP contribution in [0.4, 0.5) is 5.95 Å². The van der Waals surface area contributed by atoms with Crippen LogP contribution in [0.3, 0.4) is 0 Å². The van der Waals surface area contributed by atoms with Crippen LogP contribution in [0.25, 0.3) is 17.1 Å².